The summed E-state index contributed by atoms with van der Waals surface area (Å²) in [6.07, 6.45) is 0.209. The Hall–Kier alpha value is -2.98. The zero-order valence-electron chi connectivity index (χ0n) is 21.6. The van der Waals surface area contributed by atoms with Crippen molar-refractivity contribution in [2.45, 2.75) is 33.2 Å². The first-order valence-corrected chi connectivity index (χ1v) is 13.1. The van der Waals surface area contributed by atoms with E-state index in [1.807, 2.05) is 54.2 Å². The lowest BCUT2D eigenvalue weighted by molar-refractivity contribution is -0.134. The maximum atomic E-state index is 13.9. The summed E-state index contributed by atoms with van der Waals surface area (Å²) >= 11 is 1.47. The molecule has 0 unspecified atom stereocenters. The van der Waals surface area contributed by atoms with Crippen LogP contribution in [0.5, 0.6) is 11.5 Å². The standard InChI is InChI=1S/C26H34N4O5S/c1-6-28(7-2)25(32)23-17(3)27-26-30(24(23)20-15-19(33-4)8-9-21(20)34-5)18(16-36-26)14-22(31)29-10-12-35-13-11-29/h8-9,15-16,24H,6-7,10-14H2,1-5H3/t24-/m0/s1. The van der Waals surface area contributed by atoms with E-state index < -0.39 is 6.04 Å². The predicted molar refractivity (Wildman–Crippen MR) is 140 cm³/mol. The molecule has 4 rings (SSSR count). The lowest BCUT2D eigenvalue weighted by atomic mass is 9.91. The number of methoxy groups -OCH3 is 2. The van der Waals surface area contributed by atoms with Crippen LogP contribution < -0.4 is 9.47 Å². The van der Waals surface area contributed by atoms with Gasteiger partial charge in [0.05, 0.1) is 51.2 Å². The van der Waals surface area contributed by atoms with Crippen LogP contribution in [0.3, 0.4) is 0 Å². The lowest BCUT2D eigenvalue weighted by Gasteiger charge is -2.39. The van der Waals surface area contributed by atoms with E-state index in [4.69, 9.17) is 19.2 Å². The van der Waals surface area contributed by atoms with E-state index in [0.29, 0.717) is 62.2 Å². The second-order valence-electron chi connectivity index (χ2n) is 8.65. The van der Waals surface area contributed by atoms with Crippen LogP contribution in [0.2, 0.25) is 0 Å². The highest BCUT2D eigenvalue weighted by Gasteiger charge is 2.43. The molecule has 10 heteroatoms. The fourth-order valence-corrected chi connectivity index (χ4v) is 5.72. The minimum absolute atomic E-state index is 0.0330. The number of hydrogen-bond acceptors (Lipinski definition) is 8. The minimum atomic E-state index is -0.519. The van der Waals surface area contributed by atoms with E-state index in [2.05, 4.69) is 0 Å². The Morgan fingerprint density at radius 3 is 2.53 bits per heavy atom. The molecule has 3 aliphatic rings. The number of nitrogens with zero attached hydrogens (tertiary/aromatic N) is 4. The fraction of sp³-hybridized carbons (Fsp3) is 0.500. The highest BCUT2D eigenvalue weighted by Crippen LogP contribution is 2.48. The quantitative estimate of drug-likeness (QED) is 0.526. The molecule has 0 aromatic heterocycles. The average Bonchev–Trinajstić information content (AvgIpc) is 3.30. The summed E-state index contributed by atoms with van der Waals surface area (Å²) in [5.41, 5.74) is 2.82. The molecule has 2 amide bonds. The van der Waals surface area contributed by atoms with Gasteiger partial charge in [-0.3, -0.25) is 9.59 Å². The third kappa shape index (κ3) is 4.97. The Kier molecular flexibility index (Phi) is 8.25. The number of ether oxygens (including phenoxy) is 3. The van der Waals surface area contributed by atoms with Crippen molar-refractivity contribution in [3.63, 3.8) is 0 Å². The van der Waals surface area contributed by atoms with Crippen LogP contribution in [0.25, 0.3) is 0 Å². The second-order valence-corrected chi connectivity index (χ2v) is 9.48. The number of amidine groups is 1. The van der Waals surface area contributed by atoms with Gasteiger partial charge in [0.25, 0.3) is 5.91 Å². The van der Waals surface area contributed by atoms with Gasteiger partial charge in [0, 0.05) is 37.4 Å². The smallest absolute Gasteiger partial charge is 0.254 e. The van der Waals surface area contributed by atoms with Gasteiger partial charge >= 0.3 is 0 Å². The highest BCUT2D eigenvalue weighted by atomic mass is 32.2. The zero-order valence-corrected chi connectivity index (χ0v) is 22.4. The average molecular weight is 515 g/mol. The number of allylic oxidation sites excluding steroid dienone is 1. The SMILES string of the molecule is CCN(CC)C(=O)C1=C(C)N=C2SC=C(CC(=O)N3CCOCC3)N2[C@H]1c1cc(OC)ccc1OC. The maximum Gasteiger partial charge on any atom is 0.254 e. The molecule has 1 atom stereocenters. The summed E-state index contributed by atoms with van der Waals surface area (Å²) in [6.45, 7) is 9.22. The number of amides is 2. The third-order valence-electron chi connectivity index (χ3n) is 6.71. The predicted octanol–water partition coefficient (Wildman–Crippen LogP) is 3.40. The first-order chi connectivity index (χ1) is 17.4. The fourth-order valence-electron chi connectivity index (χ4n) is 4.75. The Balaban J connectivity index is 1.80. The van der Waals surface area contributed by atoms with Gasteiger partial charge in [-0.15, -0.1) is 0 Å². The van der Waals surface area contributed by atoms with E-state index in [1.54, 1.807) is 19.1 Å². The number of carbonyl (C=O) groups excluding carboxylic acids is 2. The number of rotatable bonds is 8. The zero-order chi connectivity index (χ0) is 25.8. The Labute approximate surface area is 216 Å². The molecule has 0 spiro atoms. The van der Waals surface area contributed by atoms with Crippen LogP contribution in [0.15, 0.2) is 45.6 Å². The molecule has 9 nitrogen and oxygen atoms in total. The second kappa shape index (κ2) is 11.4. The molecule has 0 N–H and O–H groups in total. The van der Waals surface area contributed by atoms with Gasteiger partial charge in [-0.25, -0.2) is 4.99 Å². The molecule has 0 bridgehead atoms. The molecule has 1 saturated heterocycles. The van der Waals surface area contributed by atoms with Crippen molar-refractivity contribution in [3.05, 3.63) is 46.1 Å². The van der Waals surface area contributed by atoms with E-state index in [9.17, 15) is 9.59 Å². The first kappa shape index (κ1) is 26.1. The molecule has 0 saturated carbocycles. The summed E-state index contributed by atoms with van der Waals surface area (Å²) in [5.74, 6) is 1.25. The Morgan fingerprint density at radius 1 is 1.17 bits per heavy atom. The van der Waals surface area contributed by atoms with Crippen molar-refractivity contribution < 1.29 is 23.8 Å². The van der Waals surface area contributed by atoms with E-state index in [-0.39, 0.29) is 18.2 Å². The lowest BCUT2D eigenvalue weighted by Crippen LogP contribution is -2.43. The van der Waals surface area contributed by atoms with Crippen molar-refractivity contribution in [1.82, 2.24) is 14.7 Å². The van der Waals surface area contributed by atoms with Crippen LogP contribution in [0, 0.1) is 0 Å². The number of carbonyl (C=O) groups is 2. The van der Waals surface area contributed by atoms with Gasteiger partial charge in [0.2, 0.25) is 5.91 Å². The molecule has 1 fully saturated rings. The molecular weight excluding hydrogens is 480 g/mol. The summed E-state index contributed by atoms with van der Waals surface area (Å²) in [6, 6.07) is 5.06. The van der Waals surface area contributed by atoms with E-state index >= 15 is 0 Å². The van der Waals surface area contributed by atoms with Crippen LogP contribution in [0.1, 0.15) is 38.8 Å². The molecule has 3 aliphatic heterocycles. The van der Waals surface area contributed by atoms with Crippen LogP contribution in [-0.2, 0) is 14.3 Å². The number of aliphatic imine (C=N–C) groups is 1. The van der Waals surface area contributed by atoms with Crippen molar-refractivity contribution >= 4 is 28.7 Å². The number of likely N-dealkylation sites (N-methyl/N-ethyl adjacent to an activating group) is 1. The number of hydrogen-bond donors (Lipinski definition) is 0. The van der Waals surface area contributed by atoms with E-state index in [1.165, 1.54) is 11.8 Å². The van der Waals surface area contributed by atoms with Crippen LogP contribution in [0.4, 0.5) is 0 Å². The third-order valence-corrected chi connectivity index (χ3v) is 7.60. The van der Waals surface area contributed by atoms with Crippen LogP contribution >= 0.6 is 11.8 Å². The molecule has 36 heavy (non-hydrogen) atoms. The summed E-state index contributed by atoms with van der Waals surface area (Å²) in [4.78, 5) is 37.5. The van der Waals surface area contributed by atoms with Gasteiger partial charge in [-0.05, 0) is 44.4 Å². The number of fused-ring (bicyclic) bond motifs is 1. The van der Waals surface area contributed by atoms with Crippen LogP contribution in [-0.4, -0.2) is 85.3 Å². The Morgan fingerprint density at radius 2 is 1.89 bits per heavy atom. The molecule has 0 aliphatic carbocycles. The highest BCUT2D eigenvalue weighted by molar-refractivity contribution is 8.16. The summed E-state index contributed by atoms with van der Waals surface area (Å²) < 4.78 is 16.7. The van der Waals surface area contributed by atoms with Crippen molar-refractivity contribution in [1.29, 1.82) is 0 Å². The van der Waals surface area contributed by atoms with Crippen molar-refractivity contribution in [2.75, 3.05) is 53.6 Å². The molecule has 1 aromatic carbocycles. The monoisotopic (exact) mass is 514 g/mol. The van der Waals surface area contributed by atoms with E-state index in [0.717, 1.165) is 16.4 Å². The van der Waals surface area contributed by atoms with Crippen molar-refractivity contribution in [3.8, 4) is 11.5 Å². The first-order valence-electron chi connectivity index (χ1n) is 12.2. The molecular formula is C26H34N4O5S. The Bertz CT molecular complexity index is 1110. The maximum absolute atomic E-state index is 13.9. The molecule has 1 aromatic rings. The number of morpholine rings is 1. The topological polar surface area (TPSA) is 83.9 Å². The summed E-state index contributed by atoms with van der Waals surface area (Å²) in [7, 11) is 3.23. The van der Waals surface area contributed by atoms with Crippen molar-refractivity contribution in [2.24, 2.45) is 4.99 Å². The molecule has 0 radical (unpaired) electrons. The molecule has 194 valence electrons. The summed E-state index contributed by atoms with van der Waals surface area (Å²) in [5, 5.41) is 2.71. The van der Waals surface area contributed by atoms with Gasteiger partial charge in [-0.2, -0.15) is 0 Å². The minimum Gasteiger partial charge on any atom is -0.497 e. The van der Waals surface area contributed by atoms with Gasteiger partial charge in [0.1, 0.15) is 11.5 Å². The van der Waals surface area contributed by atoms with Gasteiger partial charge < -0.3 is 28.9 Å². The number of benzene rings is 1. The normalized spacial score (nSPS) is 19.5. The van der Waals surface area contributed by atoms with Gasteiger partial charge in [0.15, 0.2) is 5.17 Å². The van der Waals surface area contributed by atoms with Gasteiger partial charge in [-0.1, -0.05) is 11.8 Å². The molecule has 3 heterocycles. The number of thioether (sulfide) groups is 1. The largest absolute Gasteiger partial charge is 0.497 e.